The summed E-state index contributed by atoms with van der Waals surface area (Å²) in [6.45, 7) is 4.41. The summed E-state index contributed by atoms with van der Waals surface area (Å²) in [4.78, 5) is 15.7. The van der Waals surface area contributed by atoms with Crippen LogP contribution in [-0.4, -0.2) is 16.1 Å². The lowest BCUT2D eigenvalue weighted by molar-refractivity contribution is -0.152. The third-order valence-electron chi connectivity index (χ3n) is 4.40. The van der Waals surface area contributed by atoms with Gasteiger partial charge in [0.2, 0.25) is 0 Å². The second-order valence-electron chi connectivity index (χ2n) is 6.39. The minimum absolute atomic E-state index is 0.251. The number of halogens is 1. The molecule has 1 aromatic rings. The first kappa shape index (κ1) is 14.3. The molecule has 0 saturated heterocycles. The van der Waals surface area contributed by atoms with Crippen molar-refractivity contribution in [2.45, 2.75) is 46.0 Å². The van der Waals surface area contributed by atoms with Crippen molar-refractivity contribution in [1.29, 1.82) is 0 Å². The average molecular weight is 282 g/mol. The van der Waals surface area contributed by atoms with Crippen molar-refractivity contribution >= 4 is 17.6 Å². The van der Waals surface area contributed by atoms with E-state index in [1.165, 1.54) is 0 Å². The van der Waals surface area contributed by atoms with Crippen molar-refractivity contribution in [2.24, 2.45) is 10.8 Å². The van der Waals surface area contributed by atoms with Crippen LogP contribution >= 0.6 is 11.6 Å². The van der Waals surface area contributed by atoms with Crippen LogP contribution in [0.25, 0.3) is 0 Å². The summed E-state index contributed by atoms with van der Waals surface area (Å²) in [6, 6.07) is 1.83. The average Bonchev–Trinajstić information content (AvgIpc) is 2.34. The summed E-state index contributed by atoms with van der Waals surface area (Å²) in [6.07, 6.45) is 7.08. The number of pyridine rings is 1. The van der Waals surface area contributed by atoms with E-state index in [9.17, 15) is 9.90 Å². The molecule has 1 fully saturated rings. The minimum atomic E-state index is -0.698. The van der Waals surface area contributed by atoms with Gasteiger partial charge in [-0.05, 0) is 49.1 Å². The van der Waals surface area contributed by atoms with E-state index >= 15 is 0 Å². The molecule has 1 N–H and O–H groups in total. The lowest BCUT2D eigenvalue weighted by Crippen LogP contribution is -2.39. The molecule has 0 spiro atoms. The van der Waals surface area contributed by atoms with E-state index in [0.717, 1.165) is 18.4 Å². The van der Waals surface area contributed by atoms with Gasteiger partial charge >= 0.3 is 5.97 Å². The van der Waals surface area contributed by atoms with Gasteiger partial charge in [-0.1, -0.05) is 25.4 Å². The normalized spacial score (nSPS) is 21.0. The molecule has 104 valence electrons. The Balaban J connectivity index is 2.23. The third kappa shape index (κ3) is 3.08. The molecule has 0 bridgehead atoms. The smallest absolute Gasteiger partial charge is 0.309 e. The Morgan fingerprint density at radius 1 is 1.37 bits per heavy atom. The number of hydrogen-bond donors (Lipinski definition) is 1. The van der Waals surface area contributed by atoms with Gasteiger partial charge in [0.1, 0.15) is 0 Å². The van der Waals surface area contributed by atoms with E-state index in [0.29, 0.717) is 24.3 Å². The minimum Gasteiger partial charge on any atom is -0.481 e. The largest absolute Gasteiger partial charge is 0.481 e. The molecule has 0 unspecified atom stereocenters. The summed E-state index contributed by atoms with van der Waals surface area (Å²) >= 11 is 6.11. The van der Waals surface area contributed by atoms with Crippen molar-refractivity contribution in [3.8, 4) is 0 Å². The third-order valence-corrected chi connectivity index (χ3v) is 4.74. The lowest BCUT2D eigenvalue weighted by Gasteiger charge is -2.41. The highest BCUT2D eigenvalue weighted by atomic mass is 35.5. The Hall–Kier alpha value is -1.09. The zero-order chi connectivity index (χ0) is 14.1. The van der Waals surface area contributed by atoms with Crippen molar-refractivity contribution in [2.75, 3.05) is 0 Å². The van der Waals surface area contributed by atoms with E-state index in [1.807, 2.05) is 6.07 Å². The molecule has 0 radical (unpaired) electrons. The van der Waals surface area contributed by atoms with Crippen LogP contribution in [0.4, 0.5) is 0 Å². The summed E-state index contributed by atoms with van der Waals surface area (Å²) in [7, 11) is 0. The van der Waals surface area contributed by atoms with Gasteiger partial charge in [-0.3, -0.25) is 9.78 Å². The van der Waals surface area contributed by atoms with Gasteiger partial charge in [0.25, 0.3) is 0 Å². The molecule has 0 amide bonds. The molecular formula is C15H20ClNO2. The SMILES string of the molecule is CC1(C)CCC(Cc2ccncc2Cl)(C(=O)O)CC1. The van der Waals surface area contributed by atoms with Gasteiger partial charge in [0.05, 0.1) is 10.4 Å². The Bertz CT molecular complexity index is 475. The van der Waals surface area contributed by atoms with Crippen LogP contribution in [0.15, 0.2) is 18.5 Å². The molecule has 4 heteroatoms. The maximum atomic E-state index is 11.7. The van der Waals surface area contributed by atoms with Crippen molar-refractivity contribution in [3.05, 3.63) is 29.0 Å². The molecule has 0 aliphatic heterocycles. The zero-order valence-corrected chi connectivity index (χ0v) is 12.2. The Kier molecular flexibility index (Phi) is 3.86. The maximum absolute atomic E-state index is 11.7. The maximum Gasteiger partial charge on any atom is 0.309 e. The molecule has 1 heterocycles. The highest BCUT2D eigenvalue weighted by Crippen LogP contribution is 2.47. The van der Waals surface area contributed by atoms with Gasteiger partial charge in [0, 0.05) is 12.4 Å². The molecule has 19 heavy (non-hydrogen) atoms. The first-order valence-electron chi connectivity index (χ1n) is 6.67. The van der Waals surface area contributed by atoms with Crippen LogP contribution in [0.1, 0.15) is 45.1 Å². The summed E-state index contributed by atoms with van der Waals surface area (Å²) in [5, 5.41) is 10.2. The summed E-state index contributed by atoms with van der Waals surface area (Å²) < 4.78 is 0. The van der Waals surface area contributed by atoms with E-state index in [2.05, 4.69) is 18.8 Å². The summed E-state index contributed by atoms with van der Waals surface area (Å²) in [5.74, 6) is -0.698. The van der Waals surface area contributed by atoms with Crippen LogP contribution in [-0.2, 0) is 11.2 Å². The van der Waals surface area contributed by atoms with E-state index in [-0.39, 0.29) is 5.41 Å². The van der Waals surface area contributed by atoms with Gasteiger partial charge < -0.3 is 5.11 Å². The van der Waals surface area contributed by atoms with E-state index in [4.69, 9.17) is 11.6 Å². The van der Waals surface area contributed by atoms with E-state index < -0.39 is 11.4 Å². The fraction of sp³-hybridized carbons (Fsp3) is 0.600. The topological polar surface area (TPSA) is 50.2 Å². The number of carbonyl (C=O) groups is 1. The van der Waals surface area contributed by atoms with Crippen LogP contribution in [0.3, 0.4) is 0 Å². The number of hydrogen-bond acceptors (Lipinski definition) is 2. The van der Waals surface area contributed by atoms with Gasteiger partial charge in [-0.15, -0.1) is 0 Å². The van der Waals surface area contributed by atoms with Crippen LogP contribution in [0, 0.1) is 10.8 Å². The molecule has 2 rings (SSSR count). The highest BCUT2D eigenvalue weighted by Gasteiger charge is 2.44. The number of nitrogens with zero attached hydrogens (tertiary/aromatic N) is 1. The van der Waals surface area contributed by atoms with Gasteiger partial charge in [-0.25, -0.2) is 0 Å². The Labute approximate surface area is 119 Å². The van der Waals surface area contributed by atoms with Crippen molar-refractivity contribution in [1.82, 2.24) is 4.98 Å². The second-order valence-corrected chi connectivity index (χ2v) is 6.80. The van der Waals surface area contributed by atoms with Gasteiger partial charge in [-0.2, -0.15) is 0 Å². The molecular weight excluding hydrogens is 262 g/mol. The van der Waals surface area contributed by atoms with Crippen LogP contribution in [0.5, 0.6) is 0 Å². The monoisotopic (exact) mass is 281 g/mol. The fourth-order valence-electron chi connectivity index (χ4n) is 2.78. The zero-order valence-electron chi connectivity index (χ0n) is 11.4. The fourth-order valence-corrected chi connectivity index (χ4v) is 2.97. The van der Waals surface area contributed by atoms with Crippen LogP contribution in [0.2, 0.25) is 5.02 Å². The first-order valence-corrected chi connectivity index (χ1v) is 7.04. The predicted octanol–water partition coefficient (Wildman–Crippen LogP) is 3.95. The molecule has 0 aromatic carbocycles. The highest BCUT2D eigenvalue weighted by molar-refractivity contribution is 6.31. The number of aliphatic carboxylic acids is 1. The molecule has 3 nitrogen and oxygen atoms in total. The summed E-state index contributed by atoms with van der Waals surface area (Å²) in [5.41, 5.74) is 0.473. The second kappa shape index (κ2) is 5.12. The van der Waals surface area contributed by atoms with Crippen molar-refractivity contribution in [3.63, 3.8) is 0 Å². The molecule has 1 saturated carbocycles. The first-order chi connectivity index (χ1) is 8.85. The lowest BCUT2D eigenvalue weighted by atomic mass is 9.63. The Morgan fingerprint density at radius 2 is 2.00 bits per heavy atom. The quantitative estimate of drug-likeness (QED) is 0.913. The molecule has 1 aromatic heterocycles. The standard InChI is InChI=1S/C15H20ClNO2/c1-14(2)4-6-15(7-5-14,13(18)19)9-11-3-8-17-10-12(11)16/h3,8,10H,4-7,9H2,1-2H3,(H,18,19). The number of aromatic nitrogens is 1. The molecule has 1 aliphatic rings. The predicted molar refractivity (Wildman–Crippen MR) is 75.3 cm³/mol. The molecule has 0 atom stereocenters. The van der Waals surface area contributed by atoms with Crippen LogP contribution < -0.4 is 0 Å². The van der Waals surface area contributed by atoms with Gasteiger partial charge in [0.15, 0.2) is 0 Å². The van der Waals surface area contributed by atoms with E-state index in [1.54, 1.807) is 12.4 Å². The Morgan fingerprint density at radius 3 is 2.53 bits per heavy atom. The van der Waals surface area contributed by atoms with Crippen molar-refractivity contribution < 1.29 is 9.90 Å². The molecule has 1 aliphatic carbocycles. The number of rotatable bonds is 3. The number of carboxylic acids is 1. The number of carboxylic acid groups (broad SMARTS) is 1.